The van der Waals surface area contributed by atoms with Crippen molar-refractivity contribution in [3.63, 3.8) is 0 Å². The molecule has 1 saturated carbocycles. The van der Waals surface area contributed by atoms with Crippen molar-refractivity contribution in [1.29, 1.82) is 0 Å². The van der Waals surface area contributed by atoms with E-state index >= 15 is 0 Å². The molecule has 1 aliphatic heterocycles. The Kier molecular flexibility index (Phi) is 3.01. The zero-order chi connectivity index (χ0) is 16.1. The van der Waals surface area contributed by atoms with Crippen LogP contribution in [0, 0.1) is 23.7 Å². The van der Waals surface area contributed by atoms with Crippen molar-refractivity contribution in [3.05, 3.63) is 36.4 Å². The molecule has 2 aliphatic carbocycles. The van der Waals surface area contributed by atoms with Crippen molar-refractivity contribution < 1.29 is 24.2 Å². The molecule has 1 aromatic carbocycles. The minimum atomic E-state index is -1.31. The monoisotopic (exact) mass is 312 g/mol. The number of imide groups is 1. The number of nitrogens with zero attached hydrogens (tertiary/aromatic N) is 1. The van der Waals surface area contributed by atoms with E-state index in [1.807, 2.05) is 0 Å². The number of rotatable bonds is 4. The summed E-state index contributed by atoms with van der Waals surface area (Å²) in [4.78, 5) is 36.9. The number of ether oxygens (including phenoxy) is 1. The summed E-state index contributed by atoms with van der Waals surface area (Å²) < 4.78 is 5.00. The topological polar surface area (TPSA) is 86.7 Å². The fourth-order valence-corrected chi connectivity index (χ4v) is 3.99. The Hall–Kier alpha value is -2.63. The predicted molar refractivity (Wildman–Crippen MR) is 77.2 cm³/mol. The first kappa shape index (κ1) is 14.0. The maximum atomic E-state index is 12.6. The van der Waals surface area contributed by atoms with Gasteiger partial charge >= 0.3 is 0 Å². The van der Waals surface area contributed by atoms with E-state index in [1.54, 1.807) is 24.3 Å². The van der Waals surface area contributed by atoms with Crippen LogP contribution in [0.1, 0.15) is 6.42 Å². The largest absolute Gasteiger partial charge is 0.546 e. The van der Waals surface area contributed by atoms with Gasteiger partial charge in [-0.15, -0.1) is 0 Å². The van der Waals surface area contributed by atoms with Gasteiger partial charge in [-0.1, -0.05) is 12.2 Å². The number of hydrogen-bond donors (Lipinski definition) is 0. The van der Waals surface area contributed by atoms with Crippen molar-refractivity contribution in [1.82, 2.24) is 0 Å². The first-order valence-corrected chi connectivity index (χ1v) is 7.55. The summed E-state index contributed by atoms with van der Waals surface area (Å²) in [6.45, 7) is -0.542. The van der Waals surface area contributed by atoms with Crippen molar-refractivity contribution >= 4 is 23.5 Å². The number of carboxylic acids is 1. The average molecular weight is 312 g/mol. The molecular weight excluding hydrogens is 298 g/mol. The molecule has 4 rings (SSSR count). The Balaban J connectivity index is 1.56. The number of allylic oxidation sites excluding steroid dienone is 2. The van der Waals surface area contributed by atoms with Gasteiger partial charge in [-0.05, 0) is 42.5 Å². The van der Waals surface area contributed by atoms with Gasteiger partial charge in [-0.25, -0.2) is 0 Å². The van der Waals surface area contributed by atoms with E-state index < -0.39 is 12.6 Å². The van der Waals surface area contributed by atoms with Gasteiger partial charge in [0.25, 0.3) is 0 Å². The predicted octanol–water partition coefficient (Wildman–Crippen LogP) is 0.127. The third-order valence-electron chi connectivity index (χ3n) is 4.92. The molecule has 0 aromatic heterocycles. The number of fused-ring (bicyclic) bond motifs is 5. The Morgan fingerprint density at radius 3 is 2.17 bits per heavy atom. The number of hydrogen-bond acceptors (Lipinski definition) is 5. The Morgan fingerprint density at radius 2 is 1.65 bits per heavy atom. The smallest absolute Gasteiger partial charge is 0.238 e. The lowest BCUT2D eigenvalue weighted by Gasteiger charge is -2.17. The highest BCUT2D eigenvalue weighted by Crippen LogP contribution is 2.53. The Labute approximate surface area is 132 Å². The summed E-state index contributed by atoms with van der Waals surface area (Å²) in [5.41, 5.74) is 0.495. The number of carboxylic acid groups (broad SMARTS) is 1. The van der Waals surface area contributed by atoms with Crippen LogP contribution in [-0.4, -0.2) is 24.4 Å². The molecule has 6 heteroatoms. The Bertz CT molecular complexity index is 693. The van der Waals surface area contributed by atoms with Crippen LogP contribution in [0.4, 0.5) is 5.69 Å². The molecule has 2 fully saturated rings. The van der Waals surface area contributed by atoms with Gasteiger partial charge in [0.05, 0.1) is 23.5 Å². The molecular formula is C17H14NO5-. The number of aliphatic carboxylic acids is 1. The summed E-state index contributed by atoms with van der Waals surface area (Å²) in [6.07, 6.45) is 5.01. The quantitative estimate of drug-likeness (QED) is 0.582. The van der Waals surface area contributed by atoms with Crippen LogP contribution in [0.3, 0.4) is 0 Å². The zero-order valence-corrected chi connectivity index (χ0v) is 12.2. The molecule has 2 bridgehead atoms. The maximum absolute atomic E-state index is 12.6. The molecule has 3 aliphatic rings. The SMILES string of the molecule is O=C([O-])COc1ccc(N2C(=O)[C@@H]3[C@H](C2=O)[C@@H]2C=C[C@H]3C2)cc1. The maximum Gasteiger partial charge on any atom is 0.238 e. The van der Waals surface area contributed by atoms with Crippen LogP contribution in [0.15, 0.2) is 36.4 Å². The molecule has 1 aromatic rings. The van der Waals surface area contributed by atoms with E-state index in [4.69, 9.17) is 4.74 Å². The molecule has 6 nitrogen and oxygen atoms in total. The molecule has 2 amide bonds. The minimum Gasteiger partial charge on any atom is -0.546 e. The molecule has 0 unspecified atom stereocenters. The number of amides is 2. The zero-order valence-electron chi connectivity index (χ0n) is 12.2. The van der Waals surface area contributed by atoms with E-state index in [-0.39, 0.29) is 35.5 Å². The number of benzene rings is 1. The molecule has 23 heavy (non-hydrogen) atoms. The fraction of sp³-hybridized carbons (Fsp3) is 0.353. The summed E-state index contributed by atoms with van der Waals surface area (Å²) in [5.74, 6) is -1.35. The lowest BCUT2D eigenvalue weighted by molar-refractivity contribution is -0.307. The van der Waals surface area contributed by atoms with Gasteiger partial charge < -0.3 is 14.6 Å². The standard InChI is InChI=1S/C17H15NO5/c19-13(20)8-23-12-5-3-11(4-6-12)18-16(21)14-9-1-2-10(7-9)15(14)17(18)22/h1-6,9-10,14-15H,7-8H2,(H,19,20)/p-1/t9-,10+,14-,15+. The first-order valence-electron chi connectivity index (χ1n) is 7.55. The van der Waals surface area contributed by atoms with Crippen molar-refractivity contribution in [2.45, 2.75) is 6.42 Å². The summed E-state index contributed by atoms with van der Waals surface area (Å²) in [6, 6.07) is 6.27. The highest BCUT2D eigenvalue weighted by molar-refractivity contribution is 6.22. The van der Waals surface area contributed by atoms with Crippen LogP contribution in [0.2, 0.25) is 0 Å². The molecule has 1 heterocycles. The highest BCUT2D eigenvalue weighted by Gasteiger charge is 2.59. The number of anilines is 1. The van der Waals surface area contributed by atoms with E-state index in [0.29, 0.717) is 11.4 Å². The Morgan fingerprint density at radius 1 is 1.09 bits per heavy atom. The molecule has 118 valence electrons. The molecule has 0 N–H and O–H groups in total. The van der Waals surface area contributed by atoms with E-state index in [1.165, 1.54) is 4.90 Å². The van der Waals surface area contributed by atoms with Gasteiger partial charge in [0.2, 0.25) is 11.8 Å². The van der Waals surface area contributed by atoms with E-state index in [2.05, 4.69) is 12.2 Å². The lowest BCUT2D eigenvalue weighted by Crippen LogP contribution is -2.32. The highest BCUT2D eigenvalue weighted by atomic mass is 16.5. The van der Waals surface area contributed by atoms with Crippen molar-refractivity contribution in [2.75, 3.05) is 11.5 Å². The van der Waals surface area contributed by atoms with E-state index in [0.717, 1.165) is 6.42 Å². The molecule has 1 saturated heterocycles. The third-order valence-corrected chi connectivity index (χ3v) is 4.92. The van der Waals surface area contributed by atoms with Crippen LogP contribution in [-0.2, 0) is 14.4 Å². The fourth-order valence-electron chi connectivity index (χ4n) is 3.99. The summed E-state index contributed by atoms with van der Waals surface area (Å²) >= 11 is 0. The van der Waals surface area contributed by atoms with Gasteiger partial charge in [-0.3, -0.25) is 14.5 Å². The molecule has 0 radical (unpaired) electrons. The number of carbonyl (C=O) groups excluding carboxylic acids is 3. The van der Waals surface area contributed by atoms with Gasteiger partial charge in [0.15, 0.2) is 0 Å². The van der Waals surface area contributed by atoms with Crippen molar-refractivity contribution in [2.24, 2.45) is 23.7 Å². The van der Waals surface area contributed by atoms with Crippen LogP contribution in [0.25, 0.3) is 0 Å². The average Bonchev–Trinajstić information content (AvgIpc) is 3.20. The second kappa shape index (κ2) is 4.94. The lowest BCUT2D eigenvalue weighted by atomic mass is 9.85. The minimum absolute atomic E-state index is 0.139. The van der Waals surface area contributed by atoms with E-state index in [9.17, 15) is 19.5 Å². The van der Waals surface area contributed by atoms with Gasteiger partial charge in [0.1, 0.15) is 12.4 Å². The normalized spacial score (nSPS) is 30.9. The van der Waals surface area contributed by atoms with Gasteiger partial charge in [0, 0.05) is 0 Å². The molecule has 4 atom stereocenters. The second-order valence-electron chi connectivity index (χ2n) is 6.17. The molecule has 0 spiro atoms. The summed E-state index contributed by atoms with van der Waals surface area (Å²) in [7, 11) is 0. The third kappa shape index (κ3) is 2.05. The van der Waals surface area contributed by atoms with Gasteiger partial charge in [-0.2, -0.15) is 0 Å². The number of carbonyl (C=O) groups is 3. The summed E-state index contributed by atoms with van der Waals surface area (Å²) in [5, 5.41) is 10.4. The first-order chi connectivity index (χ1) is 11.1. The van der Waals surface area contributed by atoms with Crippen LogP contribution >= 0.6 is 0 Å². The van der Waals surface area contributed by atoms with Crippen LogP contribution < -0.4 is 14.7 Å². The second-order valence-corrected chi connectivity index (χ2v) is 6.17. The van der Waals surface area contributed by atoms with Crippen LogP contribution in [0.5, 0.6) is 5.75 Å². The van der Waals surface area contributed by atoms with Crippen molar-refractivity contribution in [3.8, 4) is 5.75 Å².